The molecule has 1 aliphatic rings. The third-order valence-corrected chi connectivity index (χ3v) is 5.13. The van der Waals surface area contributed by atoms with Gasteiger partial charge in [-0.2, -0.15) is 0 Å². The molecule has 3 heteroatoms. The van der Waals surface area contributed by atoms with Crippen LogP contribution in [0.5, 0.6) is 0 Å². The van der Waals surface area contributed by atoms with E-state index in [1.165, 1.54) is 0 Å². The molecule has 140 valence electrons. The summed E-state index contributed by atoms with van der Waals surface area (Å²) >= 11 is 0. The van der Waals surface area contributed by atoms with Crippen molar-refractivity contribution in [2.24, 2.45) is 0 Å². The van der Waals surface area contributed by atoms with E-state index in [4.69, 9.17) is 4.74 Å². The highest BCUT2D eigenvalue weighted by molar-refractivity contribution is 6.06. The summed E-state index contributed by atoms with van der Waals surface area (Å²) < 4.78 is 5.02. The molecule has 0 saturated carbocycles. The Balaban J connectivity index is 1.85. The first-order valence-corrected chi connectivity index (χ1v) is 9.60. The number of unbranched alkanes of at least 4 members (excludes halogenated alkanes) is 1. The van der Waals surface area contributed by atoms with E-state index in [1.807, 2.05) is 36.4 Å². The van der Waals surface area contributed by atoms with Crippen LogP contribution in [0.2, 0.25) is 0 Å². The molecule has 0 atom stereocenters. The molecule has 0 heterocycles. The maximum atomic E-state index is 12.4. The van der Waals surface area contributed by atoms with Crippen LogP contribution in [0.3, 0.4) is 0 Å². The van der Waals surface area contributed by atoms with Crippen molar-refractivity contribution in [2.45, 2.75) is 39.0 Å². The quantitative estimate of drug-likeness (QED) is 0.362. The van der Waals surface area contributed by atoms with Crippen molar-refractivity contribution in [3.8, 4) is 11.1 Å². The third-order valence-electron chi connectivity index (χ3n) is 5.13. The molecule has 0 unspecified atom stereocenters. The van der Waals surface area contributed by atoms with Crippen LogP contribution in [-0.4, -0.2) is 25.3 Å². The van der Waals surface area contributed by atoms with E-state index in [-0.39, 0.29) is 11.6 Å². The minimum Gasteiger partial charge on any atom is -0.385 e. The van der Waals surface area contributed by atoms with Crippen molar-refractivity contribution < 1.29 is 14.3 Å². The lowest BCUT2D eigenvalue weighted by Crippen LogP contribution is -2.01. The van der Waals surface area contributed by atoms with Gasteiger partial charge in [-0.15, -0.1) is 0 Å². The van der Waals surface area contributed by atoms with E-state index in [9.17, 15) is 9.59 Å². The number of hydrogen-bond acceptors (Lipinski definition) is 3. The number of fused-ring (bicyclic) bond motifs is 3. The van der Waals surface area contributed by atoms with Crippen molar-refractivity contribution in [1.82, 2.24) is 0 Å². The second-order valence-electron chi connectivity index (χ2n) is 7.05. The monoisotopic (exact) mass is 362 g/mol. The minimum atomic E-state index is 0.119. The molecule has 1 aliphatic carbocycles. The number of carbonyl (C=O) groups excluding carboxylic acids is 2. The molecule has 0 bridgehead atoms. The van der Waals surface area contributed by atoms with Crippen LogP contribution in [0.4, 0.5) is 0 Å². The van der Waals surface area contributed by atoms with Gasteiger partial charge in [0.15, 0.2) is 11.6 Å². The smallest absolute Gasteiger partial charge is 0.162 e. The van der Waals surface area contributed by atoms with Crippen LogP contribution in [-0.2, 0) is 4.74 Å². The van der Waals surface area contributed by atoms with Crippen LogP contribution < -0.4 is 0 Å². The summed E-state index contributed by atoms with van der Waals surface area (Å²) in [6, 6.07) is 11.7. The predicted octanol–water partition coefficient (Wildman–Crippen LogP) is 5.71. The van der Waals surface area contributed by atoms with Crippen molar-refractivity contribution in [3.63, 3.8) is 0 Å². The fraction of sp³-hybridized carbons (Fsp3) is 0.333. The molecule has 0 aliphatic heterocycles. The van der Waals surface area contributed by atoms with E-state index < -0.39 is 0 Å². The number of rotatable bonds is 9. The van der Waals surface area contributed by atoms with Gasteiger partial charge in [0.05, 0.1) is 0 Å². The Labute approximate surface area is 161 Å². The highest BCUT2D eigenvalue weighted by atomic mass is 16.5. The van der Waals surface area contributed by atoms with Crippen molar-refractivity contribution in [1.29, 1.82) is 0 Å². The molecule has 0 radical (unpaired) electrons. The van der Waals surface area contributed by atoms with Crippen molar-refractivity contribution in [2.75, 3.05) is 13.7 Å². The van der Waals surface area contributed by atoms with Gasteiger partial charge in [-0.25, -0.2) is 0 Å². The van der Waals surface area contributed by atoms with Gasteiger partial charge in [0, 0.05) is 37.7 Å². The van der Waals surface area contributed by atoms with E-state index in [1.54, 1.807) is 7.11 Å². The molecule has 3 nitrogen and oxygen atoms in total. The van der Waals surface area contributed by atoms with E-state index in [2.05, 4.69) is 13.5 Å². The Morgan fingerprint density at radius 2 is 1.37 bits per heavy atom. The number of ether oxygens (including phenoxy) is 1. The summed E-state index contributed by atoms with van der Waals surface area (Å²) in [6.07, 6.45) is 3.69. The standard InChI is InChI=1S/C24H26O3/c1-4-5-7-23(25)17-9-11-19-20-12-10-18(24(26)8-6-13-27-3)15-22(20)16(2)21(19)14-17/h9-12,14-15H,2,4-8,13H2,1,3H3. The van der Waals surface area contributed by atoms with E-state index in [0.29, 0.717) is 25.0 Å². The van der Waals surface area contributed by atoms with Crippen LogP contribution >= 0.6 is 0 Å². The lowest BCUT2D eigenvalue weighted by Gasteiger charge is -2.05. The number of Topliss-reactive ketones (excluding diaryl/α,β-unsaturated/α-hetero) is 2. The van der Waals surface area contributed by atoms with Gasteiger partial charge in [0.25, 0.3) is 0 Å². The second kappa shape index (κ2) is 8.45. The molecule has 0 aromatic heterocycles. The molecule has 0 fully saturated rings. The Morgan fingerprint density at radius 3 is 1.85 bits per heavy atom. The average Bonchev–Trinajstić information content (AvgIpc) is 2.97. The van der Waals surface area contributed by atoms with Crippen LogP contribution in [0.15, 0.2) is 43.0 Å². The third kappa shape index (κ3) is 3.93. The molecular weight excluding hydrogens is 336 g/mol. The molecule has 27 heavy (non-hydrogen) atoms. The Hall–Kier alpha value is -2.52. The molecule has 0 saturated heterocycles. The molecule has 2 aromatic rings. The highest BCUT2D eigenvalue weighted by Crippen LogP contribution is 2.44. The molecular formula is C24H26O3. The normalized spacial score (nSPS) is 12.0. The zero-order chi connectivity index (χ0) is 19.4. The largest absolute Gasteiger partial charge is 0.385 e. The molecule has 0 amide bonds. The molecule has 2 aromatic carbocycles. The predicted molar refractivity (Wildman–Crippen MR) is 109 cm³/mol. The zero-order valence-corrected chi connectivity index (χ0v) is 16.1. The van der Waals surface area contributed by atoms with E-state index in [0.717, 1.165) is 52.7 Å². The molecule has 0 spiro atoms. The van der Waals surface area contributed by atoms with E-state index >= 15 is 0 Å². The fourth-order valence-corrected chi connectivity index (χ4v) is 3.55. The first-order valence-electron chi connectivity index (χ1n) is 9.60. The SMILES string of the molecule is C=C1c2cc(C(=O)CCCC)ccc2-c2ccc(C(=O)CCCOC)cc21. The zero-order valence-electron chi connectivity index (χ0n) is 16.1. The van der Waals surface area contributed by atoms with Gasteiger partial charge in [0.2, 0.25) is 0 Å². The van der Waals surface area contributed by atoms with Crippen LogP contribution in [0.1, 0.15) is 70.9 Å². The Kier molecular flexibility index (Phi) is 6.02. The van der Waals surface area contributed by atoms with Gasteiger partial charge in [-0.05, 0) is 52.8 Å². The topological polar surface area (TPSA) is 43.4 Å². The number of carbonyl (C=O) groups is 2. The van der Waals surface area contributed by atoms with Crippen molar-refractivity contribution in [3.05, 3.63) is 65.2 Å². The fourth-order valence-electron chi connectivity index (χ4n) is 3.55. The molecule has 3 rings (SSSR count). The number of benzene rings is 2. The van der Waals surface area contributed by atoms with Gasteiger partial charge >= 0.3 is 0 Å². The van der Waals surface area contributed by atoms with Crippen molar-refractivity contribution >= 4 is 17.1 Å². The molecule has 0 N–H and O–H groups in total. The Bertz CT molecular complexity index is 892. The first kappa shape index (κ1) is 19.2. The van der Waals surface area contributed by atoms with Crippen LogP contribution in [0.25, 0.3) is 16.7 Å². The number of hydrogen-bond donors (Lipinski definition) is 0. The number of ketones is 2. The highest BCUT2D eigenvalue weighted by Gasteiger charge is 2.24. The van der Waals surface area contributed by atoms with Gasteiger partial charge < -0.3 is 4.74 Å². The summed E-state index contributed by atoms with van der Waals surface area (Å²) in [7, 11) is 1.64. The van der Waals surface area contributed by atoms with Gasteiger partial charge in [-0.1, -0.05) is 44.2 Å². The second-order valence-corrected chi connectivity index (χ2v) is 7.05. The minimum absolute atomic E-state index is 0.119. The Morgan fingerprint density at radius 1 is 0.852 bits per heavy atom. The first-order chi connectivity index (χ1) is 13.1. The maximum absolute atomic E-state index is 12.4. The van der Waals surface area contributed by atoms with Gasteiger partial charge in [-0.3, -0.25) is 9.59 Å². The average molecular weight is 362 g/mol. The van der Waals surface area contributed by atoms with Crippen LogP contribution in [0, 0.1) is 0 Å². The number of methoxy groups -OCH3 is 1. The summed E-state index contributed by atoms with van der Waals surface area (Å²) in [6.45, 7) is 6.91. The lowest BCUT2D eigenvalue weighted by atomic mass is 9.98. The maximum Gasteiger partial charge on any atom is 0.162 e. The summed E-state index contributed by atoms with van der Waals surface area (Å²) in [4.78, 5) is 24.8. The van der Waals surface area contributed by atoms with Gasteiger partial charge in [0.1, 0.15) is 0 Å². The lowest BCUT2D eigenvalue weighted by molar-refractivity contribution is 0.0960. The summed E-state index contributed by atoms with van der Waals surface area (Å²) in [5, 5.41) is 0. The summed E-state index contributed by atoms with van der Waals surface area (Å²) in [5.41, 5.74) is 6.48. The summed E-state index contributed by atoms with van der Waals surface area (Å²) in [5.74, 6) is 0.298.